The van der Waals surface area contributed by atoms with Crippen LogP contribution in [0.5, 0.6) is 17.2 Å². The molecule has 1 atom stereocenters. The van der Waals surface area contributed by atoms with E-state index in [1.807, 2.05) is 59.5 Å². The van der Waals surface area contributed by atoms with Gasteiger partial charge in [0.2, 0.25) is 5.91 Å². The molecule has 3 aromatic carbocycles. The molecule has 5 heteroatoms. The van der Waals surface area contributed by atoms with Crippen molar-refractivity contribution in [1.82, 2.24) is 4.90 Å². The van der Waals surface area contributed by atoms with E-state index < -0.39 is 0 Å². The van der Waals surface area contributed by atoms with E-state index in [-0.39, 0.29) is 17.6 Å². The van der Waals surface area contributed by atoms with E-state index in [1.165, 1.54) is 6.42 Å². The fraction of sp³-hybridized carbons (Fsp3) is 0.346. The van der Waals surface area contributed by atoms with Crippen LogP contribution in [0.15, 0.2) is 54.6 Å². The first-order chi connectivity index (χ1) is 15.1. The van der Waals surface area contributed by atoms with Gasteiger partial charge in [-0.1, -0.05) is 36.4 Å². The molecule has 0 aliphatic carbocycles. The van der Waals surface area contributed by atoms with Crippen LogP contribution >= 0.6 is 0 Å². The van der Waals surface area contributed by atoms with E-state index in [0.29, 0.717) is 12.2 Å². The molecule has 1 amide bonds. The zero-order chi connectivity index (χ0) is 21.8. The lowest BCUT2D eigenvalue weighted by atomic mass is 9.86. The van der Waals surface area contributed by atoms with Crippen molar-refractivity contribution in [2.24, 2.45) is 0 Å². The van der Waals surface area contributed by atoms with Gasteiger partial charge in [-0.15, -0.1) is 0 Å². The highest BCUT2D eigenvalue weighted by Gasteiger charge is 2.26. The van der Waals surface area contributed by atoms with Gasteiger partial charge in [0.15, 0.2) is 0 Å². The Balaban J connectivity index is 1.76. The van der Waals surface area contributed by atoms with Crippen LogP contribution in [0, 0.1) is 0 Å². The standard InChI is InChI=1S/C26H29NO4/c1-30-19-11-9-18(10-12-19)23(17-25(28)27-15-4-3-5-16-27)22-14-13-20-21(26(22)29)7-6-8-24(20)31-2/h6-14,23,29H,3-5,15-17H2,1-2H3. The molecular weight excluding hydrogens is 390 g/mol. The van der Waals surface area contributed by atoms with Crippen LogP contribution in [0.2, 0.25) is 0 Å². The maximum Gasteiger partial charge on any atom is 0.223 e. The smallest absolute Gasteiger partial charge is 0.223 e. The number of rotatable bonds is 6. The molecule has 0 bridgehead atoms. The van der Waals surface area contributed by atoms with Crippen LogP contribution in [0.4, 0.5) is 0 Å². The maximum atomic E-state index is 13.2. The summed E-state index contributed by atoms with van der Waals surface area (Å²) < 4.78 is 10.8. The first kappa shape index (κ1) is 21.0. The van der Waals surface area contributed by atoms with Crippen molar-refractivity contribution < 1.29 is 19.4 Å². The molecule has 31 heavy (non-hydrogen) atoms. The minimum Gasteiger partial charge on any atom is -0.507 e. The van der Waals surface area contributed by atoms with E-state index in [1.54, 1.807) is 14.2 Å². The fourth-order valence-electron chi connectivity index (χ4n) is 4.48. The highest BCUT2D eigenvalue weighted by molar-refractivity contribution is 5.94. The molecule has 1 fully saturated rings. The fourth-order valence-corrected chi connectivity index (χ4v) is 4.48. The lowest BCUT2D eigenvalue weighted by Crippen LogP contribution is -2.36. The number of piperidine rings is 1. The van der Waals surface area contributed by atoms with Gasteiger partial charge >= 0.3 is 0 Å². The Kier molecular flexibility index (Phi) is 6.31. The molecule has 1 unspecified atom stereocenters. The summed E-state index contributed by atoms with van der Waals surface area (Å²) in [5, 5.41) is 12.8. The lowest BCUT2D eigenvalue weighted by molar-refractivity contribution is -0.132. The number of carbonyl (C=O) groups is 1. The Morgan fingerprint density at radius 3 is 2.35 bits per heavy atom. The van der Waals surface area contributed by atoms with Crippen molar-refractivity contribution >= 4 is 16.7 Å². The van der Waals surface area contributed by atoms with Crippen LogP contribution in [-0.2, 0) is 4.79 Å². The number of phenolic OH excluding ortho intramolecular Hbond substituents is 1. The summed E-state index contributed by atoms with van der Waals surface area (Å²) in [6.07, 6.45) is 3.61. The Hall–Kier alpha value is -3.21. The molecule has 0 radical (unpaired) electrons. The van der Waals surface area contributed by atoms with Crippen molar-refractivity contribution in [3.8, 4) is 17.2 Å². The highest BCUT2D eigenvalue weighted by atomic mass is 16.5. The minimum atomic E-state index is -0.254. The monoisotopic (exact) mass is 419 g/mol. The number of phenols is 1. The van der Waals surface area contributed by atoms with Crippen LogP contribution in [0.3, 0.4) is 0 Å². The highest BCUT2D eigenvalue weighted by Crippen LogP contribution is 2.41. The second-order valence-corrected chi connectivity index (χ2v) is 8.03. The van der Waals surface area contributed by atoms with E-state index >= 15 is 0 Å². The number of likely N-dealkylation sites (tertiary alicyclic amines) is 1. The minimum absolute atomic E-state index is 0.130. The number of ether oxygens (including phenoxy) is 2. The van der Waals surface area contributed by atoms with Crippen LogP contribution in [-0.4, -0.2) is 43.2 Å². The molecular formula is C26H29NO4. The number of methoxy groups -OCH3 is 2. The first-order valence-corrected chi connectivity index (χ1v) is 10.8. The normalized spacial score (nSPS) is 15.0. The topological polar surface area (TPSA) is 59.0 Å². The number of aromatic hydroxyl groups is 1. The van der Waals surface area contributed by atoms with Crippen LogP contribution in [0.25, 0.3) is 10.8 Å². The van der Waals surface area contributed by atoms with Crippen molar-refractivity contribution in [3.05, 3.63) is 65.7 Å². The Labute approximate surface area is 183 Å². The molecule has 162 valence electrons. The second kappa shape index (κ2) is 9.29. The molecule has 0 aromatic heterocycles. The Morgan fingerprint density at radius 2 is 1.68 bits per heavy atom. The average molecular weight is 420 g/mol. The van der Waals surface area contributed by atoms with Gasteiger partial charge in [0, 0.05) is 41.8 Å². The summed E-state index contributed by atoms with van der Waals surface area (Å²) in [5.74, 6) is 1.55. The molecule has 1 heterocycles. The molecule has 1 aliphatic rings. The molecule has 1 aliphatic heterocycles. The van der Waals surface area contributed by atoms with Gasteiger partial charge in [0.1, 0.15) is 17.2 Å². The summed E-state index contributed by atoms with van der Waals surface area (Å²) in [4.78, 5) is 15.1. The van der Waals surface area contributed by atoms with Gasteiger partial charge in [0.05, 0.1) is 14.2 Å². The third kappa shape index (κ3) is 4.31. The molecule has 1 saturated heterocycles. The lowest BCUT2D eigenvalue weighted by Gasteiger charge is -2.29. The van der Waals surface area contributed by atoms with Crippen LogP contribution < -0.4 is 9.47 Å². The number of hydrogen-bond acceptors (Lipinski definition) is 4. The number of fused-ring (bicyclic) bond motifs is 1. The Bertz CT molecular complexity index is 1050. The number of nitrogens with zero attached hydrogens (tertiary/aromatic N) is 1. The summed E-state index contributed by atoms with van der Waals surface area (Å²) in [5.41, 5.74) is 1.72. The third-order valence-electron chi connectivity index (χ3n) is 6.23. The second-order valence-electron chi connectivity index (χ2n) is 8.03. The van der Waals surface area contributed by atoms with Crippen molar-refractivity contribution in [1.29, 1.82) is 0 Å². The van der Waals surface area contributed by atoms with Gasteiger partial charge in [-0.3, -0.25) is 4.79 Å². The molecule has 4 rings (SSSR count). The van der Waals surface area contributed by atoms with Gasteiger partial charge < -0.3 is 19.5 Å². The van der Waals surface area contributed by atoms with Crippen LogP contribution in [0.1, 0.15) is 42.7 Å². The SMILES string of the molecule is COc1ccc(C(CC(=O)N2CCCCC2)c2ccc3c(OC)cccc3c2O)cc1. The van der Waals surface area contributed by atoms with Crippen molar-refractivity contribution in [2.45, 2.75) is 31.6 Å². The van der Waals surface area contributed by atoms with E-state index in [0.717, 1.165) is 53.6 Å². The summed E-state index contributed by atoms with van der Waals surface area (Å²) >= 11 is 0. The predicted molar refractivity (Wildman–Crippen MR) is 122 cm³/mol. The van der Waals surface area contributed by atoms with E-state index in [2.05, 4.69) is 0 Å². The molecule has 1 N–H and O–H groups in total. The van der Waals surface area contributed by atoms with Crippen molar-refractivity contribution in [2.75, 3.05) is 27.3 Å². The number of carbonyl (C=O) groups excluding carboxylic acids is 1. The number of benzene rings is 3. The van der Waals surface area contributed by atoms with Crippen molar-refractivity contribution in [3.63, 3.8) is 0 Å². The Morgan fingerprint density at radius 1 is 0.935 bits per heavy atom. The average Bonchev–Trinajstić information content (AvgIpc) is 2.83. The maximum absolute atomic E-state index is 13.2. The van der Waals surface area contributed by atoms with Gasteiger partial charge in [0.25, 0.3) is 0 Å². The summed E-state index contributed by atoms with van der Waals surface area (Å²) in [6, 6.07) is 17.3. The van der Waals surface area contributed by atoms with E-state index in [9.17, 15) is 9.90 Å². The largest absolute Gasteiger partial charge is 0.507 e. The van der Waals surface area contributed by atoms with E-state index in [4.69, 9.17) is 9.47 Å². The zero-order valence-electron chi connectivity index (χ0n) is 18.1. The van der Waals surface area contributed by atoms with Gasteiger partial charge in [-0.05, 0) is 43.0 Å². The first-order valence-electron chi connectivity index (χ1n) is 10.8. The molecule has 3 aromatic rings. The van der Waals surface area contributed by atoms with Gasteiger partial charge in [-0.25, -0.2) is 0 Å². The number of amides is 1. The molecule has 0 saturated carbocycles. The quantitative estimate of drug-likeness (QED) is 0.604. The predicted octanol–water partition coefficient (Wildman–Crippen LogP) is 5.10. The molecule has 5 nitrogen and oxygen atoms in total. The summed E-state index contributed by atoms with van der Waals surface area (Å²) in [7, 11) is 3.26. The van der Waals surface area contributed by atoms with Gasteiger partial charge in [-0.2, -0.15) is 0 Å². The molecule has 0 spiro atoms. The third-order valence-corrected chi connectivity index (χ3v) is 6.23. The zero-order valence-corrected chi connectivity index (χ0v) is 18.1. The summed E-state index contributed by atoms with van der Waals surface area (Å²) in [6.45, 7) is 1.63. The number of hydrogen-bond donors (Lipinski definition) is 1.